The van der Waals surface area contributed by atoms with Gasteiger partial charge >= 0.3 is 0 Å². The summed E-state index contributed by atoms with van der Waals surface area (Å²) in [6.07, 6.45) is 4.64. The maximum absolute atomic E-state index is 12.0. The predicted molar refractivity (Wildman–Crippen MR) is 75.5 cm³/mol. The van der Waals surface area contributed by atoms with Crippen LogP contribution in [0.3, 0.4) is 0 Å². The zero-order valence-corrected chi connectivity index (χ0v) is 11.7. The van der Waals surface area contributed by atoms with E-state index in [9.17, 15) is 14.9 Å². The second-order valence-electron chi connectivity index (χ2n) is 4.65. The van der Waals surface area contributed by atoms with Crippen molar-refractivity contribution in [2.45, 2.75) is 19.3 Å². The number of nitrogens with zero attached hydrogens (tertiary/aromatic N) is 3. The number of imidazole rings is 1. The van der Waals surface area contributed by atoms with E-state index in [-0.39, 0.29) is 23.9 Å². The molecule has 110 valence electrons. The first-order valence-corrected chi connectivity index (χ1v) is 6.36. The molecule has 0 aliphatic rings. The first-order chi connectivity index (χ1) is 10.0. The molecule has 0 amide bonds. The maximum Gasteiger partial charge on any atom is 0.276 e. The zero-order valence-electron chi connectivity index (χ0n) is 11.7. The highest BCUT2D eigenvalue weighted by Gasteiger charge is 2.22. The molecule has 0 fully saturated rings. The van der Waals surface area contributed by atoms with Crippen LogP contribution in [0.2, 0.25) is 0 Å². The summed E-state index contributed by atoms with van der Waals surface area (Å²) in [6, 6.07) is 4.65. The predicted octanol–water partition coefficient (Wildman–Crippen LogP) is 2.63. The number of rotatable bonds is 5. The molecule has 0 spiro atoms. The summed E-state index contributed by atoms with van der Waals surface area (Å²) in [7, 11) is 1.45. The quantitative estimate of drug-likeness (QED) is 0.623. The second-order valence-corrected chi connectivity index (χ2v) is 4.65. The fourth-order valence-corrected chi connectivity index (χ4v) is 2.11. The van der Waals surface area contributed by atoms with E-state index in [0.29, 0.717) is 11.3 Å². The number of benzene rings is 1. The highest BCUT2D eigenvalue weighted by Crippen LogP contribution is 2.32. The molecule has 1 heterocycles. The Morgan fingerprint density at radius 2 is 2.29 bits per heavy atom. The van der Waals surface area contributed by atoms with Gasteiger partial charge < -0.3 is 4.74 Å². The van der Waals surface area contributed by atoms with E-state index in [1.807, 2.05) is 0 Å². The number of ether oxygens (including phenoxy) is 1. The van der Waals surface area contributed by atoms with Crippen LogP contribution in [0.4, 0.5) is 5.69 Å². The number of hydrogen-bond acceptors (Lipinski definition) is 5. The molecule has 2 aromatic rings. The minimum Gasteiger partial charge on any atom is -0.497 e. The van der Waals surface area contributed by atoms with E-state index in [1.165, 1.54) is 30.3 Å². The van der Waals surface area contributed by atoms with Crippen molar-refractivity contribution in [1.29, 1.82) is 0 Å². The highest BCUT2D eigenvalue weighted by molar-refractivity contribution is 5.79. The average Bonchev–Trinajstić information content (AvgIpc) is 3.00. The van der Waals surface area contributed by atoms with Crippen LogP contribution in [0.5, 0.6) is 5.75 Å². The van der Waals surface area contributed by atoms with E-state index < -0.39 is 4.92 Å². The Bertz CT molecular complexity index is 652. The van der Waals surface area contributed by atoms with Crippen LogP contribution in [0.25, 0.3) is 0 Å². The van der Waals surface area contributed by atoms with Crippen molar-refractivity contribution in [2.75, 3.05) is 7.11 Å². The first-order valence-electron chi connectivity index (χ1n) is 6.36. The molecule has 1 atom stereocenters. The van der Waals surface area contributed by atoms with Gasteiger partial charge in [-0.1, -0.05) is 6.92 Å². The van der Waals surface area contributed by atoms with Crippen LogP contribution >= 0.6 is 0 Å². The number of carbonyl (C=O) groups is 1. The molecule has 2 rings (SSSR count). The molecule has 7 heteroatoms. The molecule has 0 radical (unpaired) electrons. The van der Waals surface area contributed by atoms with Gasteiger partial charge in [0.05, 0.1) is 18.1 Å². The van der Waals surface area contributed by atoms with Crippen molar-refractivity contribution in [2.24, 2.45) is 0 Å². The molecular weight excluding hydrogens is 274 g/mol. The van der Waals surface area contributed by atoms with Gasteiger partial charge in [0.15, 0.2) is 0 Å². The number of methoxy groups -OCH3 is 1. The minimum absolute atomic E-state index is 0.0414. The lowest BCUT2D eigenvalue weighted by Crippen LogP contribution is -2.12. The van der Waals surface area contributed by atoms with Gasteiger partial charge in [-0.05, 0) is 18.1 Å². The molecule has 1 aromatic carbocycles. The average molecular weight is 289 g/mol. The lowest BCUT2D eigenvalue weighted by Gasteiger charge is -2.12. The minimum atomic E-state index is -0.462. The van der Waals surface area contributed by atoms with Gasteiger partial charge in [0.2, 0.25) is 5.91 Å². The van der Waals surface area contributed by atoms with Gasteiger partial charge in [0.25, 0.3) is 5.69 Å². The van der Waals surface area contributed by atoms with E-state index >= 15 is 0 Å². The summed E-state index contributed by atoms with van der Waals surface area (Å²) >= 11 is 0. The summed E-state index contributed by atoms with van der Waals surface area (Å²) in [5.41, 5.74) is 0.467. The SMILES string of the molecule is COc1ccc(C(C)CC(=O)n2ccnc2)c([N+](=O)[O-])c1. The summed E-state index contributed by atoms with van der Waals surface area (Å²) in [6.45, 7) is 1.78. The largest absolute Gasteiger partial charge is 0.497 e. The van der Waals surface area contributed by atoms with E-state index in [4.69, 9.17) is 4.74 Å². The lowest BCUT2D eigenvalue weighted by molar-refractivity contribution is -0.385. The third-order valence-corrected chi connectivity index (χ3v) is 3.24. The van der Waals surface area contributed by atoms with E-state index in [0.717, 1.165) is 0 Å². The Hall–Kier alpha value is -2.70. The molecule has 0 aliphatic carbocycles. The molecule has 1 unspecified atom stereocenters. The second kappa shape index (κ2) is 6.17. The topological polar surface area (TPSA) is 87.3 Å². The summed E-state index contributed by atoms with van der Waals surface area (Å²) in [4.78, 5) is 26.5. The van der Waals surface area contributed by atoms with Crippen molar-refractivity contribution < 1.29 is 14.5 Å². The fourth-order valence-electron chi connectivity index (χ4n) is 2.11. The summed E-state index contributed by atoms with van der Waals surface area (Å²) in [5.74, 6) is -0.0325. The zero-order chi connectivity index (χ0) is 15.4. The maximum atomic E-state index is 12.0. The van der Waals surface area contributed by atoms with Crippen LogP contribution in [0, 0.1) is 10.1 Å². The molecular formula is C14H15N3O4. The highest BCUT2D eigenvalue weighted by atomic mass is 16.6. The number of aromatic nitrogens is 2. The molecule has 0 aliphatic heterocycles. The lowest BCUT2D eigenvalue weighted by atomic mass is 9.95. The Morgan fingerprint density at radius 1 is 1.52 bits per heavy atom. The van der Waals surface area contributed by atoms with Crippen molar-refractivity contribution in [3.63, 3.8) is 0 Å². The van der Waals surface area contributed by atoms with Crippen molar-refractivity contribution in [3.8, 4) is 5.75 Å². The molecule has 0 saturated heterocycles. The Kier molecular flexibility index (Phi) is 4.32. The van der Waals surface area contributed by atoms with Crippen LogP contribution in [-0.2, 0) is 0 Å². The molecule has 1 aromatic heterocycles. The summed E-state index contributed by atoms with van der Waals surface area (Å²) in [5, 5.41) is 11.2. The monoisotopic (exact) mass is 289 g/mol. The van der Waals surface area contributed by atoms with Crippen molar-refractivity contribution in [1.82, 2.24) is 9.55 Å². The van der Waals surface area contributed by atoms with Crippen molar-refractivity contribution >= 4 is 11.6 Å². The number of nitro benzene ring substituents is 1. The summed E-state index contributed by atoms with van der Waals surface area (Å²) < 4.78 is 6.36. The molecule has 7 nitrogen and oxygen atoms in total. The van der Waals surface area contributed by atoms with Crippen LogP contribution < -0.4 is 4.74 Å². The Balaban J connectivity index is 2.24. The molecule has 0 N–H and O–H groups in total. The van der Waals surface area contributed by atoms with E-state index in [2.05, 4.69) is 4.98 Å². The van der Waals surface area contributed by atoms with E-state index in [1.54, 1.807) is 25.3 Å². The van der Waals surface area contributed by atoms with Gasteiger partial charge in [-0.15, -0.1) is 0 Å². The van der Waals surface area contributed by atoms with Gasteiger partial charge in [-0.25, -0.2) is 4.98 Å². The number of nitro groups is 1. The smallest absolute Gasteiger partial charge is 0.276 e. The fraction of sp³-hybridized carbons (Fsp3) is 0.286. The van der Waals surface area contributed by atoms with Crippen molar-refractivity contribution in [3.05, 3.63) is 52.6 Å². The number of hydrogen-bond donors (Lipinski definition) is 0. The van der Waals surface area contributed by atoms with Crippen LogP contribution in [0.15, 0.2) is 36.9 Å². The van der Waals surface area contributed by atoms with Gasteiger partial charge in [-0.3, -0.25) is 19.5 Å². The molecule has 0 saturated carbocycles. The first kappa shape index (κ1) is 14.7. The Labute approximate surface area is 121 Å². The molecule has 0 bridgehead atoms. The molecule has 21 heavy (non-hydrogen) atoms. The van der Waals surface area contributed by atoms with Gasteiger partial charge in [0.1, 0.15) is 12.1 Å². The standard InChI is InChI=1S/C14H15N3O4/c1-10(7-14(18)16-6-5-15-9-16)12-4-3-11(21-2)8-13(12)17(19)20/h3-6,8-10H,7H2,1-2H3. The number of carbonyl (C=O) groups excluding carboxylic acids is 1. The van der Waals surface area contributed by atoms with Crippen LogP contribution in [0.1, 0.15) is 29.6 Å². The Morgan fingerprint density at radius 3 is 2.86 bits per heavy atom. The van der Waals surface area contributed by atoms with Gasteiger partial charge in [0, 0.05) is 24.4 Å². The van der Waals surface area contributed by atoms with Crippen LogP contribution in [-0.4, -0.2) is 27.5 Å². The normalized spacial score (nSPS) is 11.9. The third kappa shape index (κ3) is 3.25. The van der Waals surface area contributed by atoms with Gasteiger partial charge in [-0.2, -0.15) is 0 Å². The third-order valence-electron chi connectivity index (χ3n) is 3.24.